The van der Waals surface area contributed by atoms with E-state index in [-0.39, 0.29) is 0 Å². The van der Waals surface area contributed by atoms with Gasteiger partial charge >= 0.3 is 0 Å². The van der Waals surface area contributed by atoms with Crippen LogP contribution in [0.15, 0.2) is 185 Å². The monoisotopic (exact) mass is 663 g/mol. The molecule has 0 unspecified atom stereocenters. The quantitative estimate of drug-likeness (QED) is 0.188. The number of para-hydroxylation sites is 4. The zero-order chi connectivity index (χ0) is 34.2. The molecule has 242 valence electrons. The molecule has 11 rings (SSSR count). The molecule has 3 heterocycles. The van der Waals surface area contributed by atoms with Crippen LogP contribution in [-0.2, 0) is 0 Å². The number of rotatable bonds is 4. The summed E-state index contributed by atoms with van der Waals surface area (Å²) < 4.78 is 12.7. The predicted octanol–water partition coefficient (Wildman–Crippen LogP) is 13.9. The average molecular weight is 664 g/mol. The van der Waals surface area contributed by atoms with Gasteiger partial charge in [-0.05, 0) is 86.3 Å². The number of fused-ring (bicyclic) bond motifs is 8. The molecule has 0 amide bonds. The Hall–Kier alpha value is -6.97. The zero-order valence-electron chi connectivity index (χ0n) is 28.0. The van der Waals surface area contributed by atoms with Gasteiger partial charge in [0.1, 0.15) is 22.3 Å². The second-order valence-electron chi connectivity index (χ2n) is 13.6. The highest BCUT2D eigenvalue weighted by Crippen LogP contribution is 2.39. The minimum atomic E-state index is 0.910. The van der Waals surface area contributed by atoms with Crippen LogP contribution in [-0.4, -0.2) is 4.98 Å². The fourth-order valence-corrected chi connectivity index (χ4v) is 7.89. The van der Waals surface area contributed by atoms with Gasteiger partial charge in [0.2, 0.25) is 0 Å². The van der Waals surface area contributed by atoms with E-state index < -0.39 is 0 Å². The van der Waals surface area contributed by atoms with E-state index in [9.17, 15) is 0 Å². The average Bonchev–Trinajstić information content (AvgIpc) is 3.79. The van der Waals surface area contributed by atoms with Crippen molar-refractivity contribution in [2.24, 2.45) is 0 Å². The van der Waals surface area contributed by atoms with Gasteiger partial charge in [-0.25, -0.2) is 0 Å². The summed E-state index contributed by atoms with van der Waals surface area (Å²) in [6, 6.07) is 58.2. The summed E-state index contributed by atoms with van der Waals surface area (Å²) in [5, 5.41) is 9.28. The van der Waals surface area contributed by atoms with Crippen LogP contribution in [0.3, 0.4) is 0 Å². The molecule has 0 fully saturated rings. The molecule has 3 nitrogen and oxygen atoms in total. The molecular formula is C49H29NO2. The number of hydrogen-bond acceptors (Lipinski definition) is 3. The first-order valence-corrected chi connectivity index (χ1v) is 17.6. The molecule has 0 aliphatic rings. The van der Waals surface area contributed by atoms with Crippen molar-refractivity contribution in [1.29, 1.82) is 0 Å². The molecule has 0 bridgehead atoms. The zero-order valence-corrected chi connectivity index (χ0v) is 28.0. The second kappa shape index (κ2) is 11.3. The first-order chi connectivity index (χ1) is 25.7. The third-order valence-electron chi connectivity index (χ3n) is 10.5. The molecule has 11 aromatic rings. The van der Waals surface area contributed by atoms with E-state index in [1.807, 2.05) is 36.7 Å². The topological polar surface area (TPSA) is 39.2 Å². The molecule has 52 heavy (non-hydrogen) atoms. The van der Waals surface area contributed by atoms with E-state index in [0.717, 1.165) is 88.4 Å². The molecule has 8 aromatic carbocycles. The van der Waals surface area contributed by atoms with Gasteiger partial charge in [-0.3, -0.25) is 4.98 Å². The molecule has 0 radical (unpaired) electrons. The van der Waals surface area contributed by atoms with Crippen molar-refractivity contribution in [2.75, 3.05) is 0 Å². The lowest BCUT2D eigenvalue weighted by atomic mass is 9.95. The van der Waals surface area contributed by atoms with Crippen LogP contribution in [0, 0.1) is 0 Å². The summed E-state index contributed by atoms with van der Waals surface area (Å²) in [5.41, 5.74) is 12.5. The van der Waals surface area contributed by atoms with Crippen LogP contribution in [0.5, 0.6) is 0 Å². The van der Waals surface area contributed by atoms with E-state index in [2.05, 4.69) is 140 Å². The minimum absolute atomic E-state index is 0.910. The highest BCUT2D eigenvalue weighted by Gasteiger charge is 2.14. The van der Waals surface area contributed by atoms with Crippen molar-refractivity contribution in [3.8, 4) is 44.5 Å². The van der Waals surface area contributed by atoms with Gasteiger partial charge in [-0.2, -0.15) is 0 Å². The van der Waals surface area contributed by atoms with Crippen molar-refractivity contribution in [3.05, 3.63) is 176 Å². The summed E-state index contributed by atoms with van der Waals surface area (Å²) in [7, 11) is 0. The number of pyridine rings is 1. The predicted molar refractivity (Wildman–Crippen MR) is 216 cm³/mol. The normalized spacial score (nSPS) is 11.8. The molecule has 0 saturated carbocycles. The largest absolute Gasteiger partial charge is 0.455 e. The van der Waals surface area contributed by atoms with Crippen LogP contribution in [0.1, 0.15) is 0 Å². The van der Waals surface area contributed by atoms with Gasteiger partial charge in [-0.15, -0.1) is 0 Å². The second-order valence-corrected chi connectivity index (χ2v) is 13.6. The number of nitrogens with zero attached hydrogens (tertiary/aromatic N) is 1. The molecule has 0 N–H and O–H groups in total. The van der Waals surface area contributed by atoms with Gasteiger partial charge in [0, 0.05) is 56.2 Å². The van der Waals surface area contributed by atoms with Crippen LogP contribution < -0.4 is 0 Å². The number of hydrogen-bond donors (Lipinski definition) is 0. The van der Waals surface area contributed by atoms with Crippen molar-refractivity contribution in [3.63, 3.8) is 0 Å². The third-order valence-corrected chi connectivity index (χ3v) is 10.5. The van der Waals surface area contributed by atoms with Gasteiger partial charge < -0.3 is 8.83 Å². The molecule has 0 saturated heterocycles. The van der Waals surface area contributed by atoms with Crippen molar-refractivity contribution < 1.29 is 8.83 Å². The smallest absolute Gasteiger partial charge is 0.143 e. The number of benzene rings is 8. The summed E-state index contributed by atoms with van der Waals surface area (Å²) in [5.74, 6) is 0. The summed E-state index contributed by atoms with van der Waals surface area (Å²) in [6.07, 6.45) is 3.91. The van der Waals surface area contributed by atoms with E-state index in [1.165, 1.54) is 21.5 Å². The molecule has 3 heteroatoms. The summed E-state index contributed by atoms with van der Waals surface area (Å²) in [4.78, 5) is 4.71. The fraction of sp³-hybridized carbons (Fsp3) is 0. The number of furan rings is 2. The molecule has 0 aliphatic heterocycles. The molecule has 0 aliphatic carbocycles. The third kappa shape index (κ3) is 4.57. The Kier molecular flexibility index (Phi) is 6.25. The Morgan fingerprint density at radius 2 is 0.731 bits per heavy atom. The Labute approximate surface area is 299 Å². The van der Waals surface area contributed by atoms with E-state index in [4.69, 9.17) is 13.8 Å². The Morgan fingerprint density at radius 1 is 0.308 bits per heavy atom. The minimum Gasteiger partial charge on any atom is -0.455 e. The van der Waals surface area contributed by atoms with Crippen molar-refractivity contribution >= 4 is 65.4 Å². The first-order valence-electron chi connectivity index (χ1n) is 17.6. The van der Waals surface area contributed by atoms with Gasteiger partial charge in [0.25, 0.3) is 0 Å². The Morgan fingerprint density at radius 3 is 1.23 bits per heavy atom. The lowest BCUT2D eigenvalue weighted by Crippen LogP contribution is -1.86. The highest BCUT2D eigenvalue weighted by atomic mass is 16.3. The van der Waals surface area contributed by atoms with Gasteiger partial charge in [0.05, 0.1) is 0 Å². The lowest BCUT2D eigenvalue weighted by Gasteiger charge is -2.10. The van der Waals surface area contributed by atoms with Crippen molar-refractivity contribution in [1.82, 2.24) is 4.98 Å². The maximum absolute atomic E-state index is 6.37. The molecule has 3 aromatic heterocycles. The first kappa shape index (κ1) is 28.8. The number of aromatic nitrogens is 1. The van der Waals surface area contributed by atoms with Gasteiger partial charge in [0.15, 0.2) is 0 Å². The van der Waals surface area contributed by atoms with E-state index >= 15 is 0 Å². The van der Waals surface area contributed by atoms with E-state index in [0.29, 0.717) is 0 Å². The Bertz CT molecular complexity index is 2990. The Balaban J connectivity index is 0.961. The lowest BCUT2D eigenvalue weighted by molar-refractivity contribution is 0.669. The van der Waals surface area contributed by atoms with Crippen LogP contribution in [0.2, 0.25) is 0 Å². The van der Waals surface area contributed by atoms with E-state index in [1.54, 1.807) is 0 Å². The summed E-state index contributed by atoms with van der Waals surface area (Å²) >= 11 is 0. The van der Waals surface area contributed by atoms with Crippen LogP contribution in [0.4, 0.5) is 0 Å². The highest BCUT2D eigenvalue weighted by molar-refractivity contribution is 6.11. The van der Waals surface area contributed by atoms with Crippen LogP contribution in [0.25, 0.3) is 110 Å². The summed E-state index contributed by atoms with van der Waals surface area (Å²) in [6.45, 7) is 0. The van der Waals surface area contributed by atoms with Gasteiger partial charge in [-0.1, -0.05) is 121 Å². The van der Waals surface area contributed by atoms with Crippen molar-refractivity contribution in [2.45, 2.75) is 0 Å². The maximum Gasteiger partial charge on any atom is 0.143 e. The molecular weight excluding hydrogens is 635 g/mol. The molecule has 0 atom stereocenters. The molecule has 0 spiro atoms. The van der Waals surface area contributed by atoms with Crippen LogP contribution >= 0.6 is 0 Å². The maximum atomic E-state index is 6.37. The standard InChI is InChI=1S/C49H29NO2/c1-3-13-46-42(7-1)44-11-5-9-40(48(44)51-46)34-21-17-30-15-19-32(23-36(30)25-34)38-27-39(29-50-28-38)33-20-16-31-18-22-35(26-37(31)24-33)41-10-6-12-45-43-8-2-4-14-47(43)52-49(41)45/h1-29H. The SMILES string of the molecule is c1ccc2c(c1)oc1c(-c3ccc4ccc(-c5cncc(-c6ccc7ccc(-c8cccc9c8oc8ccccc89)cc7c6)c5)cc4c3)cccc12. The fourth-order valence-electron chi connectivity index (χ4n) is 7.89.